The Hall–Kier alpha value is -3.03. The first-order chi connectivity index (χ1) is 16.0. The Balaban J connectivity index is 1.36. The van der Waals surface area contributed by atoms with E-state index in [1.165, 1.54) is 34.6 Å². The van der Waals surface area contributed by atoms with Crippen LogP contribution in [0.15, 0.2) is 47.4 Å². The van der Waals surface area contributed by atoms with E-state index >= 15 is 0 Å². The lowest BCUT2D eigenvalue weighted by Gasteiger charge is -2.21. The molecule has 1 aromatic heterocycles. The number of hydrogen-bond donors (Lipinski definition) is 2. The van der Waals surface area contributed by atoms with Crippen LogP contribution in [0.3, 0.4) is 0 Å². The number of halogens is 4. The van der Waals surface area contributed by atoms with Crippen molar-refractivity contribution in [2.45, 2.75) is 17.5 Å². The fourth-order valence-corrected chi connectivity index (χ4v) is 5.20. The molecule has 1 aliphatic heterocycles. The minimum absolute atomic E-state index is 0.00275. The van der Waals surface area contributed by atoms with E-state index in [9.17, 15) is 30.8 Å². The molecular weight excluding hydrogens is 478 g/mol. The van der Waals surface area contributed by atoms with Crippen molar-refractivity contribution in [1.29, 1.82) is 0 Å². The van der Waals surface area contributed by atoms with Gasteiger partial charge in [-0.1, -0.05) is 0 Å². The smallest absolute Gasteiger partial charge is 0.334 e. The number of fused-ring (bicyclic) bond motifs is 1. The summed E-state index contributed by atoms with van der Waals surface area (Å²) < 4.78 is 78.5. The third-order valence-electron chi connectivity index (χ3n) is 5.40. The minimum Gasteiger partial charge on any atom is -0.334 e. The SMILES string of the molecule is O=C(CN1CCCN(S(=O)(=O)c2ccc(F)cc2)CC1)Nc1ccc2nc(C(F)(F)F)[nH]c2c1. The molecule has 0 atom stereocenters. The number of imidazole rings is 1. The van der Waals surface area contributed by atoms with Crippen LogP contribution in [0.1, 0.15) is 12.2 Å². The lowest BCUT2D eigenvalue weighted by molar-refractivity contribution is -0.144. The number of carbonyl (C=O) groups is 1. The molecule has 0 unspecified atom stereocenters. The Labute approximate surface area is 192 Å². The van der Waals surface area contributed by atoms with Crippen LogP contribution < -0.4 is 5.32 Å². The van der Waals surface area contributed by atoms with Gasteiger partial charge in [0.05, 0.1) is 22.5 Å². The van der Waals surface area contributed by atoms with E-state index in [0.717, 1.165) is 12.1 Å². The molecular formula is C21H21F4N5O3S. The maximum absolute atomic E-state index is 13.1. The molecule has 8 nitrogen and oxygen atoms in total. The number of H-pyrrole nitrogens is 1. The predicted octanol–water partition coefficient (Wildman–Crippen LogP) is 3.06. The highest BCUT2D eigenvalue weighted by Crippen LogP contribution is 2.29. The first-order valence-electron chi connectivity index (χ1n) is 10.4. The number of amides is 1. The average Bonchev–Trinajstić information content (AvgIpc) is 3.06. The van der Waals surface area contributed by atoms with Gasteiger partial charge in [0, 0.05) is 25.3 Å². The summed E-state index contributed by atoms with van der Waals surface area (Å²) in [5, 5.41) is 2.65. The number of alkyl halides is 3. The van der Waals surface area contributed by atoms with E-state index < -0.39 is 27.8 Å². The fourth-order valence-electron chi connectivity index (χ4n) is 3.73. The number of nitrogens with zero attached hydrogens (tertiary/aromatic N) is 3. The van der Waals surface area contributed by atoms with Gasteiger partial charge < -0.3 is 10.3 Å². The zero-order valence-corrected chi connectivity index (χ0v) is 18.6. The second-order valence-electron chi connectivity index (χ2n) is 7.85. The van der Waals surface area contributed by atoms with Crippen LogP contribution in [0, 0.1) is 5.82 Å². The van der Waals surface area contributed by atoms with Crippen molar-refractivity contribution in [3.63, 3.8) is 0 Å². The molecule has 1 saturated heterocycles. The van der Waals surface area contributed by atoms with Gasteiger partial charge in [0.1, 0.15) is 5.82 Å². The Morgan fingerprint density at radius 2 is 1.79 bits per heavy atom. The summed E-state index contributed by atoms with van der Waals surface area (Å²) in [7, 11) is -3.78. The van der Waals surface area contributed by atoms with Crippen molar-refractivity contribution in [1.82, 2.24) is 19.2 Å². The maximum Gasteiger partial charge on any atom is 0.449 e. The third kappa shape index (κ3) is 5.37. The molecule has 0 saturated carbocycles. The van der Waals surface area contributed by atoms with E-state index in [4.69, 9.17) is 0 Å². The third-order valence-corrected chi connectivity index (χ3v) is 7.31. The molecule has 2 heterocycles. The number of benzene rings is 2. The summed E-state index contributed by atoms with van der Waals surface area (Å²) in [4.78, 5) is 20.0. The molecule has 3 aromatic rings. The highest BCUT2D eigenvalue weighted by atomic mass is 32.2. The molecule has 0 aliphatic carbocycles. The average molecular weight is 499 g/mol. The molecule has 0 radical (unpaired) electrons. The Morgan fingerprint density at radius 1 is 1.06 bits per heavy atom. The van der Waals surface area contributed by atoms with Crippen molar-refractivity contribution in [3.8, 4) is 0 Å². The van der Waals surface area contributed by atoms with E-state index in [1.54, 1.807) is 4.90 Å². The summed E-state index contributed by atoms with van der Waals surface area (Å²) in [6.45, 7) is 1.20. The van der Waals surface area contributed by atoms with Gasteiger partial charge in [0.25, 0.3) is 0 Å². The lowest BCUT2D eigenvalue weighted by Crippen LogP contribution is -2.38. The number of carbonyl (C=O) groups excluding carboxylic acids is 1. The Bertz CT molecular complexity index is 1290. The van der Waals surface area contributed by atoms with Crippen molar-refractivity contribution >= 4 is 32.7 Å². The highest BCUT2D eigenvalue weighted by molar-refractivity contribution is 7.89. The van der Waals surface area contributed by atoms with Gasteiger partial charge in [0.2, 0.25) is 21.8 Å². The zero-order valence-electron chi connectivity index (χ0n) is 17.8. The van der Waals surface area contributed by atoms with Crippen LogP contribution in [0.4, 0.5) is 23.2 Å². The Morgan fingerprint density at radius 3 is 2.50 bits per heavy atom. The van der Waals surface area contributed by atoms with Crippen LogP contribution in [-0.4, -0.2) is 66.2 Å². The van der Waals surface area contributed by atoms with E-state index in [2.05, 4.69) is 15.3 Å². The highest BCUT2D eigenvalue weighted by Gasteiger charge is 2.34. The number of anilines is 1. The molecule has 0 bridgehead atoms. The molecule has 1 amide bonds. The first-order valence-corrected chi connectivity index (χ1v) is 11.8. The zero-order chi connectivity index (χ0) is 24.5. The number of rotatable bonds is 5. The topological polar surface area (TPSA) is 98.4 Å². The number of sulfonamides is 1. The van der Waals surface area contributed by atoms with Crippen molar-refractivity contribution in [2.24, 2.45) is 0 Å². The van der Waals surface area contributed by atoms with Gasteiger partial charge in [0.15, 0.2) is 0 Å². The summed E-state index contributed by atoms with van der Waals surface area (Å²) in [5.74, 6) is -2.03. The quantitative estimate of drug-likeness (QED) is 0.526. The fraction of sp³-hybridized carbons (Fsp3) is 0.333. The number of aromatic amines is 1. The summed E-state index contributed by atoms with van der Waals surface area (Å²) in [6.07, 6.45) is -4.11. The molecule has 34 heavy (non-hydrogen) atoms. The van der Waals surface area contributed by atoms with Gasteiger partial charge in [-0.15, -0.1) is 0 Å². The Kier molecular flexibility index (Phi) is 6.60. The molecule has 1 aliphatic rings. The molecule has 2 aromatic carbocycles. The first kappa shape index (κ1) is 24.1. The van der Waals surface area contributed by atoms with Crippen molar-refractivity contribution in [3.05, 3.63) is 54.1 Å². The summed E-state index contributed by atoms with van der Waals surface area (Å²) in [5.41, 5.74) is 0.576. The monoisotopic (exact) mass is 499 g/mol. The summed E-state index contributed by atoms with van der Waals surface area (Å²) >= 11 is 0. The number of nitrogens with one attached hydrogen (secondary N) is 2. The van der Waals surface area contributed by atoms with Gasteiger partial charge in [-0.2, -0.15) is 17.5 Å². The molecule has 182 valence electrons. The second kappa shape index (κ2) is 9.31. The van der Waals surface area contributed by atoms with E-state index in [0.29, 0.717) is 25.2 Å². The standard InChI is InChI=1S/C21H21F4N5O3S/c22-14-2-5-16(6-3-14)34(32,33)30-9-1-8-29(10-11-30)13-19(31)26-15-4-7-17-18(12-15)28-20(27-17)21(23,24)25/h2-7,12H,1,8-11,13H2,(H,26,31)(H,27,28). The van der Waals surface area contributed by atoms with Crippen LogP contribution in [0.5, 0.6) is 0 Å². The molecule has 4 rings (SSSR count). The van der Waals surface area contributed by atoms with Crippen LogP contribution in [0.25, 0.3) is 11.0 Å². The maximum atomic E-state index is 13.1. The molecule has 1 fully saturated rings. The lowest BCUT2D eigenvalue weighted by atomic mass is 10.2. The number of hydrogen-bond acceptors (Lipinski definition) is 5. The van der Waals surface area contributed by atoms with Crippen LogP contribution >= 0.6 is 0 Å². The molecule has 13 heteroatoms. The predicted molar refractivity (Wildman–Crippen MR) is 116 cm³/mol. The van der Waals surface area contributed by atoms with Crippen molar-refractivity contribution < 1.29 is 30.8 Å². The van der Waals surface area contributed by atoms with Gasteiger partial charge >= 0.3 is 6.18 Å². The van der Waals surface area contributed by atoms with Gasteiger partial charge in [-0.05, 0) is 55.4 Å². The number of aromatic nitrogens is 2. The second-order valence-corrected chi connectivity index (χ2v) is 9.79. The van der Waals surface area contributed by atoms with Gasteiger partial charge in [-0.3, -0.25) is 9.69 Å². The van der Waals surface area contributed by atoms with Gasteiger partial charge in [-0.25, -0.2) is 17.8 Å². The molecule has 2 N–H and O–H groups in total. The summed E-state index contributed by atoms with van der Waals surface area (Å²) in [6, 6.07) is 8.82. The van der Waals surface area contributed by atoms with E-state index in [1.807, 2.05) is 0 Å². The minimum atomic E-state index is -4.60. The van der Waals surface area contributed by atoms with E-state index in [-0.39, 0.29) is 41.5 Å². The normalized spacial score (nSPS) is 16.5. The molecule has 0 spiro atoms. The largest absolute Gasteiger partial charge is 0.449 e. The van der Waals surface area contributed by atoms with Crippen molar-refractivity contribution in [2.75, 3.05) is 38.0 Å². The van der Waals surface area contributed by atoms with Crippen LogP contribution in [-0.2, 0) is 21.0 Å². The van der Waals surface area contributed by atoms with Crippen LogP contribution in [0.2, 0.25) is 0 Å².